The van der Waals surface area contributed by atoms with E-state index in [9.17, 15) is 18.0 Å². The van der Waals surface area contributed by atoms with Gasteiger partial charge in [-0.15, -0.1) is 0 Å². The van der Waals surface area contributed by atoms with E-state index in [-0.39, 0.29) is 22.0 Å². The lowest BCUT2D eigenvalue weighted by Gasteiger charge is -2.18. The van der Waals surface area contributed by atoms with Gasteiger partial charge in [-0.25, -0.2) is 13.2 Å². The van der Waals surface area contributed by atoms with Crippen molar-refractivity contribution in [2.45, 2.75) is 24.5 Å². The van der Waals surface area contributed by atoms with Crippen LogP contribution < -0.4 is 5.73 Å². The maximum atomic E-state index is 12.8. The van der Waals surface area contributed by atoms with Crippen LogP contribution in [0.1, 0.15) is 22.8 Å². The van der Waals surface area contributed by atoms with Crippen LogP contribution in [0.4, 0.5) is 0 Å². The zero-order valence-corrected chi connectivity index (χ0v) is 16.3. The molecule has 0 heterocycles. The maximum absolute atomic E-state index is 12.8. The molecule has 1 atom stereocenters. The molecular weight excluding hydrogens is 392 g/mol. The number of nitrogens with zero attached hydrogens (tertiary/aromatic N) is 1. The lowest BCUT2D eigenvalue weighted by molar-refractivity contribution is -0.125. The van der Waals surface area contributed by atoms with Crippen molar-refractivity contribution in [2.75, 3.05) is 7.05 Å². The molecule has 2 N–H and O–H groups in total. The van der Waals surface area contributed by atoms with Crippen LogP contribution in [0.2, 0.25) is 5.02 Å². The first-order valence-electron chi connectivity index (χ1n) is 7.93. The predicted molar refractivity (Wildman–Crippen MR) is 101 cm³/mol. The summed E-state index contributed by atoms with van der Waals surface area (Å²) in [6.07, 6.45) is -1.17. The van der Waals surface area contributed by atoms with Gasteiger partial charge in [-0.2, -0.15) is 4.31 Å². The Morgan fingerprint density at radius 1 is 1.19 bits per heavy atom. The van der Waals surface area contributed by atoms with Gasteiger partial charge in [-0.05, 0) is 30.7 Å². The molecule has 0 radical (unpaired) electrons. The minimum Gasteiger partial charge on any atom is -0.449 e. The van der Waals surface area contributed by atoms with E-state index in [1.165, 1.54) is 26.1 Å². The number of primary amides is 1. The Morgan fingerprint density at radius 2 is 1.81 bits per heavy atom. The molecule has 0 aliphatic heterocycles. The highest BCUT2D eigenvalue weighted by atomic mass is 35.5. The summed E-state index contributed by atoms with van der Waals surface area (Å²) in [6.45, 7) is 1.46. The van der Waals surface area contributed by atoms with Gasteiger partial charge in [0, 0.05) is 13.6 Å². The second-order valence-electron chi connectivity index (χ2n) is 5.84. The number of esters is 1. The van der Waals surface area contributed by atoms with E-state index in [1.54, 1.807) is 0 Å². The number of carbonyl (C=O) groups is 2. The van der Waals surface area contributed by atoms with E-state index in [0.717, 1.165) is 15.9 Å². The van der Waals surface area contributed by atoms with E-state index in [1.807, 2.05) is 30.3 Å². The number of carbonyl (C=O) groups excluding carboxylic acids is 2. The zero-order chi connectivity index (χ0) is 20.2. The van der Waals surface area contributed by atoms with Gasteiger partial charge < -0.3 is 10.5 Å². The number of benzene rings is 2. The van der Waals surface area contributed by atoms with Crippen LogP contribution in [-0.4, -0.2) is 37.8 Å². The molecule has 0 aliphatic rings. The Bertz CT molecular complexity index is 947. The molecule has 0 saturated heterocycles. The first-order chi connectivity index (χ1) is 12.6. The summed E-state index contributed by atoms with van der Waals surface area (Å²) in [7, 11) is -2.44. The van der Waals surface area contributed by atoms with Crippen LogP contribution in [0.25, 0.3) is 0 Å². The first-order valence-corrected chi connectivity index (χ1v) is 9.75. The van der Waals surface area contributed by atoms with Crippen LogP contribution in [-0.2, 0) is 26.1 Å². The molecule has 1 amide bonds. The summed E-state index contributed by atoms with van der Waals surface area (Å²) in [5.41, 5.74) is 5.71. The highest BCUT2D eigenvalue weighted by molar-refractivity contribution is 7.89. The average molecular weight is 411 g/mol. The van der Waals surface area contributed by atoms with Gasteiger partial charge in [0.15, 0.2) is 6.10 Å². The van der Waals surface area contributed by atoms with Gasteiger partial charge in [0.2, 0.25) is 10.0 Å². The van der Waals surface area contributed by atoms with Crippen LogP contribution in [0.5, 0.6) is 0 Å². The number of sulfonamides is 1. The Balaban J connectivity index is 2.29. The fourth-order valence-corrected chi connectivity index (χ4v) is 3.59. The molecule has 144 valence electrons. The van der Waals surface area contributed by atoms with Gasteiger partial charge >= 0.3 is 5.97 Å². The van der Waals surface area contributed by atoms with Crippen molar-refractivity contribution in [3.05, 3.63) is 64.7 Å². The minimum atomic E-state index is -3.88. The van der Waals surface area contributed by atoms with Crippen LogP contribution >= 0.6 is 11.6 Å². The average Bonchev–Trinajstić information content (AvgIpc) is 2.62. The van der Waals surface area contributed by atoms with Crippen LogP contribution in [0, 0.1) is 0 Å². The molecule has 0 spiro atoms. The molecule has 0 saturated carbocycles. The largest absolute Gasteiger partial charge is 0.449 e. The topological polar surface area (TPSA) is 107 Å². The summed E-state index contributed by atoms with van der Waals surface area (Å²) < 4.78 is 31.7. The standard InChI is InChI=1S/C18H19ClN2O5S/c1-12(17(20)22)26-18(23)15-10-14(8-9-16(15)19)27(24,25)21(2)11-13-6-4-3-5-7-13/h3-10,12H,11H2,1-2H3,(H2,20,22)/t12-/m1/s1. The van der Waals surface area contributed by atoms with Crippen molar-refractivity contribution in [2.24, 2.45) is 5.73 Å². The predicted octanol–water partition coefficient (Wildman–Crippen LogP) is 2.19. The van der Waals surface area contributed by atoms with Gasteiger partial charge in [0.05, 0.1) is 15.5 Å². The molecule has 0 fully saturated rings. The number of ether oxygens (including phenoxy) is 1. The summed E-state index contributed by atoms with van der Waals surface area (Å²) in [6, 6.07) is 12.8. The SMILES string of the molecule is C[C@@H](OC(=O)c1cc(S(=O)(=O)N(C)Cc2ccccc2)ccc1Cl)C(N)=O. The monoisotopic (exact) mass is 410 g/mol. The summed E-state index contributed by atoms with van der Waals surface area (Å²) in [5, 5.41) is 0.00123. The van der Waals surface area contributed by atoms with E-state index < -0.39 is 28.0 Å². The van der Waals surface area contributed by atoms with Gasteiger partial charge in [-0.1, -0.05) is 41.9 Å². The number of rotatable bonds is 7. The molecule has 2 aromatic carbocycles. The molecular formula is C18H19ClN2O5S. The van der Waals surface area contributed by atoms with E-state index in [0.29, 0.717) is 0 Å². The Labute approximate surface area is 162 Å². The molecule has 0 unspecified atom stereocenters. The van der Waals surface area contributed by atoms with Crippen LogP contribution in [0.15, 0.2) is 53.4 Å². The quantitative estimate of drug-likeness (QED) is 0.704. The number of amides is 1. The molecule has 2 aromatic rings. The number of hydrogen-bond acceptors (Lipinski definition) is 5. The number of hydrogen-bond donors (Lipinski definition) is 1. The van der Waals surface area contributed by atoms with Gasteiger partial charge in [0.1, 0.15) is 0 Å². The number of nitrogens with two attached hydrogens (primary N) is 1. The lowest BCUT2D eigenvalue weighted by Crippen LogP contribution is -2.30. The second-order valence-corrected chi connectivity index (χ2v) is 8.29. The van der Waals surface area contributed by atoms with Crippen molar-refractivity contribution in [1.29, 1.82) is 0 Å². The molecule has 7 nitrogen and oxygen atoms in total. The Kier molecular flexibility index (Phi) is 6.59. The fraction of sp³-hybridized carbons (Fsp3) is 0.222. The maximum Gasteiger partial charge on any atom is 0.340 e. The first kappa shape index (κ1) is 20.9. The Hall–Kier alpha value is -2.42. The summed E-state index contributed by atoms with van der Waals surface area (Å²) in [4.78, 5) is 23.1. The Morgan fingerprint density at radius 3 is 2.41 bits per heavy atom. The molecule has 2 rings (SSSR count). The zero-order valence-electron chi connectivity index (χ0n) is 14.8. The van der Waals surface area contributed by atoms with Crippen molar-refractivity contribution in [1.82, 2.24) is 4.31 Å². The van der Waals surface area contributed by atoms with Gasteiger partial charge in [0.25, 0.3) is 5.91 Å². The highest BCUT2D eigenvalue weighted by Crippen LogP contribution is 2.24. The molecule has 0 aromatic heterocycles. The van der Waals surface area contributed by atoms with Crippen molar-refractivity contribution >= 4 is 33.5 Å². The smallest absolute Gasteiger partial charge is 0.340 e. The van der Waals surface area contributed by atoms with Crippen LogP contribution in [0.3, 0.4) is 0 Å². The van der Waals surface area contributed by atoms with Crippen molar-refractivity contribution in [3.8, 4) is 0 Å². The van der Waals surface area contributed by atoms with Crippen molar-refractivity contribution < 1.29 is 22.7 Å². The summed E-state index contributed by atoms with van der Waals surface area (Å²) in [5.74, 6) is -1.76. The molecule has 9 heteroatoms. The fourth-order valence-electron chi connectivity index (χ4n) is 2.21. The number of halogens is 1. The molecule has 27 heavy (non-hydrogen) atoms. The minimum absolute atomic E-state index is 0.00123. The lowest BCUT2D eigenvalue weighted by atomic mass is 10.2. The third-order valence-electron chi connectivity index (χ3n) is 3.80. The normalized spacial score (nSPS) is 12.6. The van der Waals surface area contributed by atoms with Gasteiger partial charge in [-0.3, -0.25) is 4.79 Å². The third kappa shape index (κ3) is 5.06. The van der Waals surface area contributed by atoms with E-state index in [2.05, 4.69) is 0 Å². The van der Waals surface area contributed by atoms with E-state index in [4.69, 9.17) is 22.1 Å². The third-order valence-corrected chi connectivity index (χ3v) is 5.93. The van der Waals surface area contributed by atoms with E-state index >= 15 is 0 Å². The van der Waals surface area contributed by atoms with Crippen molar-refractivity contribution in [3.63, 3.8) is 0 Å². The summed E-state index contributed by atoms with van der Waals surface area (Å²) >= 11 is 5.99. The highest BCUT2D eigenvalue weighted by Gasteiger charge is 2.25. The molecule has 0 bridgehead atoms. The molecule has 0 aliphatic carbocycles. The second kappa shape index (κ2) is 8.51.